The normalized spacial score (nSPS) is 18.5. The van der Waals surface area contributed by atoms with Crippen LogP contribution < -0.4 is 21.9 Å². The Labute approximate surface area is 316 Å². The third kappa shape index (κ3) is 8.11. The van der Waals surface area contributed by atoms with Crippen LogP contribution in [0.15, 0.2) is 121 Å². The molecule has 0 spiro atoms. The first-order valence-corrected chi connectivity index (χ1v) is 16.3. The minimum Gasteiger partial charge on any atom is -0.195 e. The van der Waals surface area contributed by atoms with E-state index in [0.29, 0.717) is 0 Å². The van der Waals surface area contributed by atoms with Crippen molar-refractivity contribution < 1.29 is 40.8 Å². The van der Waals surface area contributed by atoms with Crippen LogP contribution in [0.25, 0.3) is 0 Å². The molecule has 2 saturated carbocycles. The van der Waals surface area contributed by atoms with Crippen molar-refractivity contribution in [2.75, 3.05) is 0 Å². The maximum atomic E-state index is 2.26. The average Bonchev–Trinajstić information content (AvgIpc) is 3.37. The van der Waals surface area contributed by atoms with Crippen molar-refractivity contribution in [2.24, 2.45) is 0 Å². The molecule has 46 heavy (non-hydrogen) atoms. The number of benzene rings is 4. The van der Waals surface area contributed by atoms with Crippen molar-refractivity contribution in [3.05, 3.63) is 181 Å². The molecule has 0 aromatic heterocycles. The maximum absolute atomic E-state index is 2.26. The monoisotopic (exact) mass is 731 g/mol. The fraction of sp³-hybridized carbons (Fsp3) is 0.227. The molecule has 0 saturated heterocycles. The van der Waals surface area contributed by atoms with Crippen LogP contribution in [-0.2, 0) is 0 Å². The van der Waals surface area contributed by atoms with Crippen molar-refractivity contribution >= 4 is 28.0 Å². The van der Waals surface area contributed by atoms with E-state index in [-0.39, 0.29) is 40.8 Å². The molecule has 4 aromatic carbocycles. The van der Waals surface area contributed by atoms with Crippen molar-refractivity contribution in [3.63, 3.8) is 0 Å². The predicted octanol–water partition coefficient (Wildman–Crippen LogP) is 9.01. The van der Waals surface area contributed by atoms with Crippen LogP contribution in [0.4, 0.5) is 0 Å². The first kappa shape index (κ1) is 38.7. The standard InChI is InChI=1S/C24H20B.2C10H15.Nd/c1-5-13-21(14-6-1)25(22-15-7-2-8-16-22,23-17-9-3-10-18-23)24-19-11-4-12-20-24;2*1-6-7(2)9(4)10(5)8(6)3;/h1-20H;2*1-5H3;/q-1;;;. The molecule has 0 unspecified atom stereocenters. The van der Waals surface area contributed by atoms with Crippen LogP contribution in [0.3, 0.4) is 0 Å². The second kappa shape index (κ2) is 17.6. The Bertz CT molecular complexity index is 1120. The summed E-state index contributed by atoms with van der Waals surface area (Å²) in [5, 5.41) is 0. The van der Waals surface area contributed by atoms with Gasteiger partial charge in [-0.2, -0.15) is 21.9 Å². The zero-order valence-electron chi connectivity index (χ0n) is 29.6. The van der Waals surface area contributed by atoms with E-state index in [4.69, 9.17) is 0 Å². The molecule has 0 aliphatic heterocycles. The summed E-state index contributed by atoms with van der Waals surface area (Å²) < 4.78 is 0. The first-order valence-electron chi connectivity index (χ1n) is 16.3. The van der Waals surface area contributed by atoms with Gasteiger partial charge in [0.2, 0.25) is 0 Å². The smallest absolute Gasteiger partial charge is 0.108 e. The van der Waals surface area contributed by atoms with E-state index >= 15 is 0 Å². The quantitative estimate of drug-likeness (QED) is 0.184. The van der Waals surface area contributed by atoms with Crippen LogP contribution in [0.1, 0.15) is 69.2 Å². The van der Waals surface area contributed by atoms with E-state index < -0.39 is 6.15 Å². The Hall–Kier alpha value is -1.70. The number of hydrogen-bond acceptors (Lipinski definition) is 0. The second-order valence-electron chi connectivity index (χ2n) is 12.8. The molecule has 6 rings (SSSR count). The Morgan fingerprint density at radius 2 is 0.370 bits per heavy atom. The molecule has 0 bridgehead atoms. The van der Waals surface area contributed by atoms with Crippen LogP contribution in [0.5, 0.6) is 0 Å². The number of hydrogen-bond donors (Lipinski definition) is 0. The van der Waals surface area contributed by atoms with E-state index in [1.807, 2.05) is 0 Å². The fourth-order valence-electron chi connectivity index (χ4n) is 6.93. The van der Waals surface area contributed by atoms with E-state index in [9.17, 15) is 0 Å². The fourth-order valence-corrected chi connectivity index (χ4v) is 6.93. The third-order valence-electron chi connectivity index (χ3n) is 10.8. The second-order valence-corrected chi connectivity index (χ2v) is 12.8. The van der Waals surface area contributed by atoms with E-state index in [1.54, 1.807) is 0 Å². The van der Waals surface area contributed by atoms with Gasteiger partial charge in [-0.1, -0.05) is 191 Å². The molecule has 0 N–H and O–H groups in total. The zero-order chi connectivity index (χ0) is 32.7. The molecule has 4 aromatic rings. The van der Waals surface area contributed by atoms with Gasteiger partial charge in [-0.25, -0.2) is 0 Å². The maximum Gasteiger partial charge on any atom is 0.108 e. The van der Waals surface area contributed by atoms with Crippen LogP contribution >= 0.6 is 0 Å². The molecule has 0 nitrogen and oxygen atoms in total. The Kier molecular flexibility index (Phi) is 14.8. The summed E-state index contributed by atoms with van der Waals surface area (Å²) >= 11 is 0. The Morgan fingerprint density at radius 3 is 0.500 bits per heavy atom. The van der Waals surface area contributed by atoms with Crippen molar-refractivity contribution in [1.82, 2.24) is 0 Å². The summed E-state index contributed by atoms with van der Waals surface area (Å²) in [4.78, 5) is 0. The van der Waals surface area contributed by atoms with Gasteiger partial charge in [-0.3, -0.25) is 0 Å². The van der Waals surface area contributed by atoms with Gasteiger partial charge in [-0.15, -0.1) is 0 Å². The summed E-state index contributed by atoms with van der Waals surface area (Å²) in [5.41, 5.74) is 5.36. The Morgan fingerprint density at radius 1 is 0.239 bits per heavy atom. The van der Waals surface area contributed by atoms with E-state index in [0.717, 1.165) is 0 Å². The summed E-state index contributed by atoms with van der Waals surface area (Å²) in [6, 6.07) is 43.5. The number of rotatable bonds is 4. The largest absolute Gasteiger partial charge is 0.195 e. The molecule has 2 fully saturated rings. The molecule has 0 atom stereocenters. The Balaban J connectivity index is 0.000000227. The molecular weight excluding hydrogens is 684 g/mol. The summed E-state index contributed by atoms with van der Waals surface area (Å²) in [5.74, 6) is 14.7. The molecule has 2 aliphatic carbocycles. The molecule has 10 radical (unpaired) electrons. The zero-order valence-corrected chi connectivity index (χ0v) is 32.8. The molecule has 2 aliphatic rings. The van der Waals surface area contributed by atoms with Gasteiger partial charge in [0.1, 0.15) is 6.15 Å². The van der Waals surface area contributed by atoms with Crippen molar-refractivity contribution in [3.8, 4) is 0 Å². The van der Waals surface area contributed by atoms with Gasteiger partial charge in [0.05, 0.1) is 0 Å². The van der Waals surface area contributed by atoms with Crippen molar-refractivity contribution in [1.29, 1.82) is 0 Å². The van der Waals surface area contributed by atoms with Crippen LogP contribution in [0.2, 0.25) is 0 Å². The topological polar surface area (TPSA) is 0 Å². The minimum atomic E-state index is -1.22. The SMILES string of the molecule is C[C]1[C](C)[C](C)[C](C)[C]1C.C[C]1[C](C)[C](C)[C](C)[C]1C.[Nd].c1ccc([B-](c2ccccc2)(c2ccccc2)c2ccccc2)cc1. The first-order chi connectivity index (χ1) is 21.5. The molecular formula is C44H50BNd-. The van der Waals surface area contributed by atoms with E-state index in [2.05, 4.69) is 191 Å². The summed E-state index contributed by atoms with van der Waals surface area (Å²) in [7, 11) is 0. The third-order valence-corrected chi connectivity index (χ3v) is 10.8. The van der Waals surface area contributed by atoms with Gasteiger partial charge in [0, 0.05) is 40.8 Å². The van der Waals surface area contributed by atoms with Gasteiger partial charge in [0.25, 0.3) is 0 Å². The average molecular weight is 734 g/mol. The predicted molar refractivity (Wildman–Crippen MR) is 199 cm³/mol. The van der Waals surface area contributed by atoms with Crippen molar-refractivity contribution in [2.45, 2.75) is 69.2 Å². The summed E-state index contributed by atoms with van der Waals surface area (Å²) in [6.45, 7) is 22.0. The van der Waals surface area contributed by atoms with Crippen LogP contribution in [-0.4, -0.2) is 6.15 Å². The van der Waals surface area contributed by atoms with Gasteiger partial charge in [0.15, 0.2) is 0 Å². The van der Waals surface area contributed by atoms with Crippen LogP contribution in [0, 0.1) is 100 Å². The molecule has 0 amide bonds. The van der Waals surface area contributed by atoms with E-state index in [1.165, 1.54) is 81.0 Å². The van der Waals surface area contributed by atoms with Gasteiger partial charge in [-0.05, 0) is 59.2 Å². The molecule has 0 heterocycles. The molecule has 234 valence electrons. The van der Waals surface area contributed by atoms with Gasteiger partial charge >= 0.3 is 0 Å². The molecule has 2 heteroatoms. The summed E-state index contributed by atoms with van der Waals surface area (Å²) in [6.07, 6.45) is -1.22. The van der Waals surface area contributed by atoms with Gasteiger partial charge < -0.3 is 0 Å². The minimum absolute atomic E-state index is 0.